The van der Waals surface area contributed by atoms with Gasteiger partial charge >= 0.3 is 0 Å². The minimum Gasteiger partial charge on any atom is -0.393 e. The van der Waals surface area contributed by atoms with Crippen molar-refractivity contribution in [1.29, 1.82) is 0 Å². The minimum absolute atomic E-state index is 0.155. The summed E-state index contributed by atoms with van der Waals surface area (Å²) in [6, 6.07) is 0. The predicted octanol–water partition coefficient (Wildman–Crippen LogP) is 4.00. The minimum atomic E-state index is -0.155. The molecule has 0 amide bonds. The fraction of sp³-hybridized carbons (Fsp3) is 1.00. The summed E-state index contributed by atoms with van der Waals surface area (Å²) in [5.41, 5.74) is 0.988. The van der Waals surface area contributed by atoms with Gasteiger partial charge in [-0.2, -0.15) is 0 Å². The van der Waals surface area contributed by atoms with Gasteiger partial charge in [0.1, 0.15) is 0 Å². The van der Waals surface area contributed by atoms with Gasteiger partial charge in [0, 0.05) is 0 Å². The Balaban J connectivity index is 2.50. The maximum Gasteiger partial charge on any atom is 0.0537 e. The van der Waals surface area contributed by atoms with E-state index >= 15 is 0 Å². The number of aliphatic hydroxyl groups excluding tert-OH is 1. The van der Waals surface area contributed by atoms with Crippen LogP contribution in [0.2, 0.25) is 0 Å². The van der Waals surface area contributed by atoms with Crippen molar-refractivity contribution >= 4 is 0 Å². The maximum atomic E-state index is 9.51. The standard InChI is InChI=1S/C14H28O/c1-11(12(2)15)7-10-14(5)9-6-8-13(14,3)4/h11-12,15H,6-10H2,1-5H3. The lowest BCUT2D eigenvalue weighted by atomic mass is 9.66. The van der Waals surface area contributed by atoms with Gasteiger partial charge in [-0.1, -0.05) is 34.1 Å². The zero-order valence-corrected chi connectivity index (χ0v) is 11.1. The van der Waals surface area contributed by atoms with Crippen LogP contribution in [0.1, 0.15) is 66.7 Å². The molecule has 0 radical (unpaired) electrons. The average molecular weight is 212 g/mol. The molecule has 0 bridgehead atoms. The molecule has 1 fully saturated rings. The van der Waals surface area contributed by atoms with E-state index in [9.17, 15) is 5.11 Å². The Bertz CT molecular complexity index is 207. The van der Waals surface area contributed by atoms with Gasteiger partial charge in [-0.05, 0) is 49.4 Å². The largest absolute Gasteiger partial charge is 0.393 e. The lowest BCUT2D eigenvalue weighted by Gasteiger charge is -2.39. The zero-order chi connectivity index (χ0) is 11.7. The molecule has 1 N–H and O–H groups in total. The van der Waals surface area contributed by atoms with E-state index in [1.165, 1.54) is 25.7 Å². The quantitative estimate of drug-likeness (QED) is 0.747. The molecule has 0 saturated heterocycles. The van der Waals surface area contributed by atoms with Crippen molar-refractivity contribution in [2.75, 3.05) is 0 Å². The third kappa shape index (κ3) is 2.75. The molecule has 0 spiro atoms. The molecule has 0 heterocycles. The monoisotopic (exact) mass is 212 g/mol. The number of hydrogen-bond acceptors (Lipinski definition) is 1. The van der Waals surface area contributed by atoms with E-state index in [0.717, 1.165) is 6.42 Å². The molecule has 1 rings (SSSR count). The van der Waals surface area contributed by atoms with Crippen molar-refractivity contribution < 1.29 is 5.11 Å². The highest BCUT2D eigenvalue weighted by Crippen LogP contribution is 2.55. The molecule has 0 aromatic carbocycles. The van der Waals surface area contributed by atoms with E-state index in [2.05, 4.69) is 27.7 Å². The zero-order valence-electron chi connectivity index (χ0n) is 11.1. The second kappa shape index (κ2) is 4.45. The molecule has 1 nitrogen and oxygen atoms in total. The van der Waals surface area contributed by atoms with E-state index in [1.54, 1.807) is 0 Å². The molecular weight excluding hydrogens is 184 g/mol. The van der Waals surface area contributed by atoms with Gasteiger partial charge in [0.15, 0.2) is 0 Å². The van der Waals surface area contributed by atoms with E-state index < -0.39 is 0 Å². The summed E-state index contributed by atoms with van der Waals surface area (Å²) in [5.74, 6) is 0.443. The van der Waals surface area contributed by atoms with Gasteiger partial charge < -0.3 is 5.11 Å². The van der Waals surface area contributed by atoms with Crippen LogP contribution in [0.25, 0.3) is 0 Å². The lowest BCUT2D eigenvalue weighted by Crippen LogP contribution is -2.30. The van der Waals surface area contributed by atoms with Crippen LogP contribution in [0.15, 0.2) is 0 Å². The third-order valence-corrected chi connectivity index (χ3v) is 5.14. The van der Waals surface area contributed by atoms with Crippen molar-refractivity contribution in [3.8, 4) is 0 Å². The van der Waals surface area contributed by atoms with Gasteiger partial charge in [0.2, 0.25) is 0 Å². The SMILES string of the molecule is CC(O)C(C)CCC1(C)CCCC1(C)C. The van der Waals surface area contributed by atoms with Crippen LogP contribution in [0.5, 0.6) is 0 Å². The van der Waals surface area contributed by atoms with E-state index in [4.69, 9.17) is 0 Å². The Morgan fingerprint density at radius 3 is 2.13 bits per heavy atom. The summed E-state index contributed by atoms with van der Waals surface area (Å²) < 4.78 is 0. The summed E-state index contributed by atoms with van der Waals surface area (Å²) in [7, 11) is 0. The second-order valence-electron chi connectivity index (χ2n) is 6.55. The topological polar surface area (TPSA) is 20.2 Å². The highest BCUT2D eigenvalue weighted by Gasteiger charge is 2.44. The fourth-order valence-corrected chi connectivity index (χ4v) is 2.81. The molecule has 0 aromatic rings. The smallest absolute Gasteiger partial charge is 0.0537 e. The number of hydrogen-bond donors (Lipinski definition) is 1. The highest BCUT2D eigenvalue weighted by atomic mass is 16.3. The molecule has 1 aliphatic carbocycles. The summed E-state index contributed by atoms with van der Waals surface area (Å²) >= 11 is 0. The van der Waals surface area contributed by atoms with Gasteiger partial charge in [-0.15, -0.1) is 0 Å². The normalized spacial score (nSPS) is 34.0. The number of rotatable bonds is 4. The number of aliphatic hydroxyl groups is 1. The van der Waals surface area contributed by atoms with E-state index in [1.807, 2.05) is 6.92 Å². The van der Waals surface area contributed by atoms with Gasteiger partial charge in [-0.3, -0.25) is 0 Å². The van der Waals surface area contributed by atoms with Crippen molar-refractivity contribution in [3.05, 3.63) is 0 Å². The Kier molecular flexibility index (Phi) is 3.86. The molecule has 0 aromatic heterocycles. The van der Waals surface area contributed by atoms with Crippen LogP contribution in [0.4, 0.5) is 0 Å². The molecule has 15 heavy (non-hydrogen) atoms. The Hall–Kier alpha value is -0.0400. The van der Waals surface area contributed by atoms with Gasteiger partial charge in [0.05, 0.1) is 6.10 Å². The van der Waals surface area contributed by atoms with Gasteiger partial charge in [0.25, 0.3) is 0 Å². The molecule has 3 atom stereocenters. The van der Waals surface area contributed by atoms with Crippen molar-refractivity contribution in [1.82, 2.24) is 0 Å². The van der Waals surface area contributed by atoms with Gasteiger partial charge in [-0.25, -0.2) is 0 Å². The van der Waals surface area contributed by atoms with Crippen LogP contribution >= 0.6 is 0 Å². The first-order valence-corrected chi connectivity index (χ1v) is 6.47. The Morgan fingerprint density at radius 2 is 1.73 bits per heavy atom. The summed E-state index contributed by atoms with van der Waals surface area (Å²) in [6.07, 6.45) is 6.40. The molecule has 90 valence electrons. The molecule has 3 unspecified atom stereocenters. The van der Waals surface area contributed by atoms with E-state index in [-0.39, 0.29) is 6.10 Å². The maximum absolute atomic E-state index is 9.51. The molecular formula is C14H28O. The molecule has 1 aliphatic rings. The summed E-state index contributed by atoms with van der Waals surface area (Å²) in [5, 5.41) is 9.51. The first-order valence-electron chi connectivity index (χ1n) is 6.47. The van der Waals surface area contributed by atoms with Crippen molar-refractivity contribution in [2.45, 2.75) is 72.8 Å². The third-order valence-electron chi connectivity index (χ3n) is 5.14. The van der Waals surface area contributed by atoms with Crippen LogP contribution in [-0.2, 0) is 0 Å². The molecule has 1 saturated carbocycles. The Labute approximate surface area is 95.3 Å². The average Bonchev–Trinajstić information content (AvgIpc) is 2.38. The first kappa shape index (κ1) is 13.0. The second-order valence-corrected chi connectivity index (χ2v) is 6.55. The van der Waals surface area contributed by atoms with Crippen LogP contribution in [0.3, 0.4) is 0 Å². The summed E-state index contributed by atoms with van der Waals surface area (Å²) in [4.78, 5) is 0. The summed E-state index contributed by atoms with van der Waals surface area (Å²) in [6.45, 7) is 11.3. The molecule has 0 aliphatic heterocycles. The van der Waals surface area contributed by atoms with Crippen molar-refractivity contribution in [2.24, 2.45) is 16.7 Å². The highest BCUT2D eigenvalue weighted by molar-refractivity contribution is 4.95. The molecule has 1 heteroatoms. The first-order chi connectivity index (χ1) is 6.78. The predicted molar refractivity (Wildman–Crippen MR) is 65.8 cm³/mol. The van der Waals surface area contributed by atoms with Crippen LogP contribution in [0, 0.1) is 16.7 Å². The van der Waals surface area contributed by atoms with Crippen LogP contribution < -0.4 is 0 Å². The van der Waals surface area contributed by atoms with E-state index in [0.29, 0.717) is 16.7 Å². The lowest BCUT2D eigenvalue weighted by molar-refractivity contribution is 0.0816. The fourth-order valence-electron chi connectivity index (χ4n) is 2.81. The van der Waals surface area contributed by atoms with Crippen LogP contribution in [-0.4, -0.2) is 11.2 Å². The Morgan fingerprint density at radius 1 is 1.13 bits per heavy atom. The van der Waals surface area contributed by atoms with Crippen molar-refractivity contribution in [3.63, 3.8) is 0 Å².